The highest BCUT2D eigenvalue weighted by molar-refractivity contribution is 6.30. The summed E-state index contributed by atoms with van der Waals surface area (Å²) in [5.41, 5.74) is 0.785. The highest BCUT2D eigenvalue weighted by Gasteiger charge is 2.05. The van der Waals surface area contributed by atoms with E-state index in [-0.39, 0.29) is 5.91 Å². The Morgan fingerprint density at radius 3 is 3.00 bits per heavy atom. The van der Waals surface area contributed by atoms with Gasteiger partial charge in [0.15, 0.2) is 0 Å². The number of nitrogens with zero attached hydrogens (tertiary/aromatic N) is 2. The maximum atomic E-state index is 11.8. The first-order chi connectivity index (χ1) is 11.2. The minimum absolute atomic E-state index is 0.0177. The molecule has 2 aromatic rings. The van der Waals surface area contributed by atoms with Crippen molar-refractivity contribution in [3.05, 3.63) is 41.9 Å². The van der Waals surface area contributed by atoms with Crippen LogP contribution in [0, 0.1) is 0 Å². The third-order valence-electron chi connectivity index (χ3n) is 3.30. The van der Waals surface area contributed by atoms with Gasteiger partial charge in [-0.3, -0.25) is 4.79 Å². The van der Waals surface area contributed by atoms with Gasteiger partial charge in [0.25, 0.3) is 0 Å². The zero-order chi connectivity index (χ0) is 16.5. The summed E-state index contributed by atoms with van der Waals surface area (Å²) in [6, 6.07) is 5.34. The number of carbonyl (C=O) groups is 1. The number of hydrogen-bond acceptors (Lipinski definition) is 4. The van der Waals surface area contributed by atoms with Crippen molar-refractivity contribution < 1.29 is 9.53 Å². The van der Waals surface area contributed by atoms with Gasteiger partial charge in [0.1, 0.15) is 5.75 Å². The predicted molar refractivity (Wildman–Crippen MR) is 91.0 cm³/mol. The third-order valence-corrected chi connectivity index (χ3v) is 3.54. The molecule has 1 heterocycles. The van der Waals surface area contributed by atoms with Crippen LogP contribution >= 0.6 is 11.6 Å². The van der Waals surface area contributed by atoms with E-state index in [0.717, 1.165) is 18.7 Å². The Balaban J connectivity index is 1.64. The minimum Gasteiger partial charge on any atom is -0.495 e. The average molecular weight is 337 g/mol. The van der Waals surface area contributed by atoms with Gasteiger partial charge < -0.3 is 19.9 Å². The molecule has 0 bridgehead atoms. The van der Waals surface area contributed by atoms with E-state index in [1.165, 1.54) is 0 Å². The van der Waals surface area contributed by atoms with Gasteiger partial charge in [-0.05, 0) is 24.6 Å². The Morgan fingerprint density at radius 2 is 2.26 bits per heavy atom. The number of benzene rings is 1. The van der Waals surface area contributed by atoms with Crippen molar-refractivity contribution in [3.8, 4) is 5.75 Å². The number of nitrogens with one attached hydrogen (secondary N) is 2. The number of anilines is 1. The molecule has 0 aliphatic carbocycles. The first kappa shape index (κ1) is 17.1. The molecule has 1 aromatic heterocycles. The summed E-state index contributed by atoms with van der Waals surface area (Å²) in [5.74, 6) is 0.722. The van der Waals surface area contributed by atoms with E-state index < -0.39 is 0 Å². The molecule has 0 aliphatic heterocycles. The van der Waals surface area contributed by atoms with Crippen LogP contribution in [-0.4, -0.2) is 35.7 Å². The van der Waals surface area contributed by atoms with Gasteiger partial charge in [0.05, 0.1) is 19.1 Å². The molecule has 0 saturated heterocycles. The van der Waals surface area contributed by atoms with E-state index >= 15 is 0 Å². The summed E-state index contributed by atoms with van der Waals surface area (Å²) in [7, 11) is 1.60. The lowest BCUT2D eigenvalue weighted by molar-refractivity contribution is -0.120. The van der Waals surface area contributed by atoms with Crippen LogP contribution in [-0.2, 0) is 11.3 Å². The van der Waals surface area contributed by atoms with Gasteiger partial charge in [0.2, 0.25) is 5.91 Å². The Labute approximate surface area is 140 Å². The van der Waals surface area contributed by atoms with Gasteiger partial charge in [-0.2, -0.15) is 0 Å². The lowest BCUT2D eigenvalue weighted by Gasteiger charge is -2.11. The average Bonchev–Trinajstić information content (AvgIpc) is 3.05. The highest BCUT2D eigenvalue weighted by Crippen LogP contribution is 2.27. The van der Waals surface area contributed by atoms with Crippen molar-refractivity contribution in [2.75, 3.05) is 25.5 Å². The van der Waals surface area contributed by atoms with Crippen molar-refractivity contribution in [3.63, 3.8) is 0 Å². The number of halogens is 1. The molecule has 0 unspecified atom stereocenters. The SMILES string of the molecule is COc1ccc(Cl)cc1NCCC(=O)NCCCn1ccnc1. The number of methoxy groups -OCH3 is 1. The number of aryl methyl sites for hydroxylation is 1. The molecule has 6 nitrogen and oxygen atoms in total. The molecule has 0 fully saturated rings. The standard InChI is InChI=1S/C16H21ClN4O2/c1-23-15-4-3-13(17)11-14(15)19-7-5-16(22)20-6-2-9-21-10-8-18-12-21/h3-4,8,10-12,19H,2,5-7,9H2,1H3,(H,20,22). The Hall–Kier alpha value is -2.21. The van der Waals surface area contributed by atoms with Crippen LogP contribution in [0.15, 0.2) is 36.9 Å². The quantitative estimate of drug-likeness (QED) is 0.691. The first-order valence-electron chi connectivity index (χ1n) is 7.49. The van der Waals surface area contributed by atoms with E-state index in [0.29, 0.717) is 30.3 Å². The van der Waals surface area contributed by atoms with Crippen molar-refractivity contribution in [2.45, 2.75) is 19.4 Å². The third kappa shape index (κ3) is 5.83. The summed E-state index contributed by atoms with van der Waals surface area (Å²) in [6.07, 6.45) is 6.68. The fraction of sp³-hybridized carbons (Fsp3) is 0.375. The molecule has 124 valence electrons. The van der Waals surface area contributed by atoms with Gasteiger partial charge >= 0.3 is 0 Å². The lowest BCUT2D eigenvalue weighted by atomic mass is 10.2. The first-order valence-corrected chi connectivity index (χ1v) is 7.86. The van der Waals surface area contributed by atoms with Gasteiger partial charge in [-0.1, -0.05) is 11.6 Å². The maximum Gasteiger partial charge on any atom is 0.221 e. The molecule has 1 amide bonds. The van der Waals surface area contributed by atoms with Crippen LogP contribution in [0.1, 0.15) is 12.8 Å². The number of amides is 1. The van der Waals surface area contributed by atoms with Gasteiger partial charge in [0, 0.05) is 43.5 Å². The number of hydrogen-bond donors (Lipinski definition) is 2. The van der Waals surface area contributed by atoms with Crippen LogP contribution in [0.3, 0.4) is 0 Å². The molecule has 2 N–H and O–H groups in total. The molecule has 0 atom stereocenters. The Kier molecular flexibility index (Phi) is 6.75. The van der Waals surface area contributed by atoms with E-state index in [1.807, 2.05) is 10.8 Å². The summed E-state index contributed by atoms with van der Waals surface area (Å²) >= 11 is 5.96. The van der Waals surface area contributed by atoms with Crippen molar-refractivity contribution in [1.82, 2.24) is 14.9 Å². The fourth-order valence-corrected chi connectivity index (χ4v) is 2.30. The minimum atomic E-state index is 0.0177. The predicted octanol–water partition coefficient (Wildman–Crippen LogP) is 2.55. The van der Waals surface area contributed by atoms with Gasteiger partial charge in [-0.15, -0.1) is 0 Å². The van der Waals surface area contributed by atoms with Crippen molar-refractivity contribution >= 4 is 23.2 Å². The van der Waals surface area contributed by atoms with E-state index in [1.54, 1.807) is 37.8 Å². The fourth-order valence-electron chi connectivity index (χ4n) is 2.13. The molecular weight excluding hydrogens is 316 g/mol. The topological polar surface area (TPSA) is 68.2 Å². The summed E-state index contributed by atoms with van der Waals surface area (Å²) in [6.45, 7) is 2.01. The monoisotopic (exact) mass is 336 g/mol. The number of ether oxygens (including phenoxy) is 1. The molecule has 23 heavy (non-hydrogen) atoms. The lowest BCUT2D eigenvalue weighted by Crippen LogP contribution is -2.27. The Morgan fingerprint density at radius 1 is 1.39 bits per heavy atom. The number of rotatable bonds is 9. The van der Waals surface area contributed by atoms with E-state index in [4.69, 9.17) is 16.3 Å². The van der Waals surface area contributed by atoms with Crippen molar-refractivity contribution in [1.29, 1.82) is 0 Å². The number of aromatic nitrogens is 2. The van der Waals surface area contributed by atoms with E-state index in [9.17, 15) is 4.79 Å². The molecule has 2 rings (SSSR count). The maximum absolute atomic E-state index is 11.8. The second kappa shape index (κ2) is 9.05. The molecule has 0 radical (unpaired) electrons. The summed E-state index contributed by atoms with van der Waals surface area (Å²) < 4.78 is 7.23. The zero-order valence-electron chi connectivity index (χ0n) is 13.1. The normalized spacial score (nSPS) is 10.3. The van der Waals surface area contributed by atoms with Crippen LogP contribution in [0.25, 0.3) is 0 Å². The highest BCUT2D eigenvalue weighted by atomic mass is 35.5. The second-order valence-corrected chi connectivity index (χ2v) is 5.46. The Bertz CT molecular complexity index is 617. The van der Waals surface area contributed by atoms with Crippen molar-refractivity contribution in [2.24, 2.45) is 0 Å². The second-order valence-electron chi connectivity index (χ2n) is 5.03. The zero-order valence-corrected chi connectivity index (χ0v) is 13.8. The molecule has 7 heteroatoms. The van der Waals surface area contributed by atoms with Crippen LogP contribution in [0.5, 0.6) is 5.75 Å². The van der Waals surface area contributed by atoms with E-state index in [2.05, 4.69) is 15.6 Å². The smallest absolute Gasteiger partial charge is 0.221 e. The number of imidazole rings is 1. The van der Waals surface area contributed by atoms with Crippen LogP contribution in [0.2, 0.25) is 5.02 Å². The molecular formula is C16H21ClN4O2. The summed E-state index contributed by atoms with van der Waals surface area (Å²) in [5, 5.41) is 6.69. The van der Waals surface area contributed by atoms with Gasteiger partial charge in [-0.25, -0.2) is 4.98 Å². The summed E-state index contributed by atoms with van der Waals surface area (Å²) in [4.78, 5) is 15.8. The molecule has 1 aromatic carbocycles. The number of carbonyl (C=O) groups excluding carboxylic acids is 1. The molecule has 0 saturated carbocycles. The largest absolute Gasteiger partial charge is 0.495 e. The molecule has 0 aliphatic rings. The molecule has 0 spiro atoms. The van der Waals surface area contributed by atoms with Crippen LogP contribution < -0.4 is 15.4 Å². The van der Waals surface area contributed by atoms with Crippen LogP contribution in [0.4, 0.5) is 5.69 Å².